The van der Waals surface area contributed by atoms with Crippen LogP contribution in [-0.2, 0) is 22.6 Å². The van der Waals surface area contributed by atoms with Gasteiger partial charge in [0.2, 0.25) is 0 Å². The predicted octanol–water partition coefficient (Wildman–Crippen LogP) is 3.02. The van der Waals surface area contributed by atoms with E-state index in [2.05, 4.69) is 72.5 Å². The van der Waals surface area contributed by atoms with E-state index in [1.54, 1.807) is 0 Å². The van der Waals surface area contributed by atoms with Gasteiger partial charge >= 0.3 is 0 Å². The summed E-state index contributed by atoms with van der Waals surface area (Å²) in [5.74, 6) is 1.35. The molecule has 1 aromatic carbocycles. The Balaban J connectivity index is 1.78. The summed E-state index contributed by atoms with van der Waals surface area (Å²) in [6.45, 7) is 14.8. The normalized spacial score (nSPS) is 19.4. The van der Waals surface area contributed by atoms with Crippen LogP contribution < -0.4 is 10.6 Å². The van der Waals surface area contributed by atoms with E-state index in [4.69, 9.17) is 9.47 Å². The fraction of sp³-hybridized carbons (Fsp3) is 0.696. The van der Waals surface area contributed by atoms with E-state index in [1.807, 2.05) is 7.05 Å². The SMILES string of the molecule is CCOC(CCNC(=NC)NCc1cccc(CN2CCOC(C)C2)c1)C(C)C. The van der Waals surface area contributed by atoms with Crippen LogP contribution in [0.25, 0.3) is 0 Å². The zero-order valence-electron chi connectivity index (χ0n) is 18.9. The maximum Gasteiger partial charge on any atom is 0.191 e. The molecule has 29 heavy (non-hydrogen) atoms. The van der Waals surface area contributed by atoms with E-state index in [9.17, 15) is 0 Å². The van der Waals surface area contributed by atoms with Crippen molar-refractivity contribution in [3.8, 4) is 0 Å². The first-order chi connectivity index (χ1) is 14.0. The lowest BCUT2D eigenvalue weighted by Gasteiger charge is -2.31. The third-order valence-corrected chi connectivity index (χ3v) is 5.25. The van der Waals surface area contributed by atoms with Gasteiger partial charge in [-0.25, -0.2) is 0 Å². The van der Waals surface area contributed by atoms with Gasteiger partial charge in [0.25, 0.3) is 0 Å². The van der Waals surface area contributed by atoms with Crippen molar-refractivity contribution >= 4 is 5.96 Å². The summed E-state index contributed by atoms with van der Waals surface area (Å²) >= 11 is 0. The van der Waals surface area contributed by atoms with Crippen molar-refractivity contribution in [3.05, 3.63) is 35.4 Å². The molecule has 1 aromatic rings. The molecule has 164 valence electrons. The first kappa shape index (κ1) is 23.6. The lowest BCUT2D eigenvalue weighted by atomic mass is 10.0. The molecule has 1 heterocycles. The number of guanidine groups is 1. The molecule has 1 fully saturated rings. The molecule has 1 aliphatic rings. The lowest BCUT2D eigenvalue weighted by molar-refractivity contribution is -0.0212. The molecule has 1 saturated heterocycles. The molecule has 0 amide bonds. The van der Waals surface area contributed by atoms with Crippen molar-refractivity contribution in [2.24, 2.45) is 10.9 Å². The lowest BCUT2D eigenvalue weighted by Crippen LogP contribution is -2.40. The first-order valence-corrected chi connectivity index (χ1v) is 11.0. The van der Waals surface area contributed by atoms with Gasteiger partial charge in [0.15, 0.2) is 5.96 Å². The zero-order valence-corrected chi connectivity index (χ0v) is 18.9. The Hall–Kier alpha value is -1.63. The molecule has 2 unspecified atom stereocenters. The van der Waals surface area contributed by atoms with E-state index in [0.717, 1.165) is 58.3 Å². The molecule has 0 saturated carbocycles. The topological polar surface area (TPSA) is 58.1 Å². The molecular formula is C23H40N4O2. The highest BCUT2D eigenvalue weighted by atomic mass is 16.5. The van der Waals surface area contributed by atoms with Crippen LogP contribution in [0.1, 0.15) is 45.2 Å². The maximum atomic E-state index is 5.82. The van der Waals surface area contributed by atoms with Crippen LogP contribution in [0.3, 0.4) is 0 Å². The number of aliphatic imine (C=N–C) groups is 1. The number of rotatable bonds is 10. The van der Waals surface area contributed by atoms with Gasteiger partial charge in [-0.2, -0.15) is 0 Å². The van der Waals surface area contributed by atoms with Crippen molar-refractivity contribution in [2.75, 3.05) is 39.9 Å². The second kappa shape index (κ2) is 12.8. The molecule has 2 atom stereocenters. The first-order valence-electron chi connectivity index (χ1n) is 11.0. The number of benzene rings is 1. The van der Waals surface area contributed by atoms with Gasteiger partial charge < -0.3 is 20.1 Å². The summed E-state index contributed by atoms with van der Waals surface area (Å²) in [6.07, 6.45) is 1.57. The Labute approximate surface area is 177 Å². The molecule has 6 heteroatoms. The van der Waals surface area contributed by atoms with Crippen LogP contribution in [0.5, 0.6) is 0 Å². The fourth-order valence-electron chi connectivity index (χ4n) is 3.69. The minimum atomic E-state index is 0.283. The average molecular weight is 405 g/mol. The molecule has 0 aliphatic carbocycles. The van der Waals surface area contributed by atoms with Crippen LogP contribution in [0.4, 0.5) is 0 Å². The number of morpholine rings is 1. The maximum absolute atomic E-state index is 5.82. The third-order valence-electron chi connectivity index (χ3n) is 5.25. The second-order valence-electron chi connectivity index (χ2n) is 8.12. The van der Waals surface area contributed by atoms with Crippen LogP contribution in [-0.4, -0.2) is 63.0 Å². The van der Waals surface area contributed by atoms with Crippen molar-refractivity contribution in [2.45, 2.75) is 59.4 Å². The minimum Gasteiger partial charge on any atom is -0.378 e. The molecule has 0 bridgehead atoms. The van der Waals surface area contributed by atoms with E-state index < -0.39 is 0 Å². The van der Waals surface area contributed by atoms with Crippen LogP contribution in [0.2, 0.25) is 0 Å². The van der Waals surface area contributed by atoms with Crippen LogP contribution in [0, 0.1) is 5.92 Å². The Bertz CT molecular complexity index is 621. The standard InChI is InChI=1S/C23H40N4O2/c1-6-28-22(18(2)3)10-11-25-23(24-5)26-15-20-8-7-9-21(14-20)17-27-12-13-29-19(4)16-27/h7-9,14,18-19,22H,6,10-13,15-17H2,1-5H3,(H2,24,25,26). The van der Waals surface area contributed by atoms with Gasteiger partial charge in [-0.1, -0.05) is 38.1 Å². The highest BCUT2D eigenvalue weighted by Gasteiger charge is 2.16. The monoisotopic (exact) mass is 404 g/mol. The van der Waals surface area contributed by atoms with Crippen molar-refractivity contribution in [3.63, 3.8) is 0 Å². The third kappa shape index (κ3) is 8.72. The largest absolute Gasteiger partial charge is 0.378 e. The Morgan fingerprint density at radius 1 is 1.31 bits per heavy atom. The highest BCUT2D eigenvalue weighted by Crippen LogP contribution is 2.12. The molecule has 1 aliphatic heterocycles. The Kier molecular flexibility index (Phi) is 10.5. The smallest absolute Gasteiger partial charge is 0.191 e. The summed E-state index contributed by atoms with van der Waals surface area (Å²) in [6, 6.07) is 8.79. The average Bonchev–Trinajstić information content (AvgIpc) is 2.70. The summed E-state index contributed by atoms with van der Waals surface area (Å²) in [7, 11) is 1.81. The van der Waals surface area contributed by atoms with E-state index in [-0.39, 0.29) is 6.10 Å². The van der Waals surface area contributed by atoms with Crippen molar-refractivity contribution in [1.29, 1.82) is 0 Å². The number of ether oxygens (including phenoxy) is 2. The van der Waals surface area contributed by atoms with Gasteiger partial charge in [-0.05, 0) is 37.3 Å². The Morgan fingerprint density at radius 3 is 2.79 bits per heavy atom. The molecule has 2 rings (SSSR count). The number of hydrogen-bond donors (Lipinski definition) is 2. The van der Waals surface area contributed by atoms with E-state index in [0.29, 0.717) is 12.0 Å². The summed E-state index contributed by atoms with van der Waals surface area (Å²) < 4.78 is 11.5. The summed E-state index contributed by atoms with van der Waals surface area (Å²) in [5.41, 5.74) is 2.61. The predicted molar refractivity (Wildman–Crippen MR) is 120 cm³/mol. The van der Waals surface area contributed by atoms with Crippen LogP contribution >= 0.6 is 0 Å². The molecular weight excluding hydrogens is 364 g/mol. The molecule has 0 radical (unpaired) electrons. The van der Waals surface area contributed by atoms with Crippen LogP contribution in [0.15, 0.2) is 29.3 Å². The number of nitrogens with zero attached hydrogens (tertiary/aromatic N) is 2. The number of nitrogens with one attached hydrogen (secondary N) is 2. The van der Waals surface area contributed by atoms with Gasteiger partial charge in [0, 0.05) is 46.4 Å². The number of hydrogen-bond acceptors (Lipinski definition) is 4. The van der Waals surface area contributed by atoms with E-state index in [1.165, 1.54) is 11.1 Å². The van der Waals surface area contributed by atoms with Gasteiger partial charge in [0.05, 0.1) is 18.8 Å². The fourth-order valence-corrected chi connectivity index (χ4v) is 3.69. The molecule has 2 N–H and O–H groups in total. The quantitative estimate of drug-likeness (QED) is 0.464. The highest BCUT2D eigenvalue weighted by molar-refractivity contribution is 5.79. The van der Waals surface area contributed by atoms with E-state index >= 15 is 0 Å². The molecule has 6 nitrogen and oxygen atoms in total. The van der Waals surface area contributed by atoms with Gasteiger partial charge in [-0.15, -0.1) is 0 Å². The Morgan fingerprint density at radius 2 is 2.10 bits per heavy atom. The minimum absolute atomic E-state index is 0.283. The molecule has 0 aromatic heterocycles. The zero-order chi connectivity index (χ0) is 21.1. The summed E-state index contributed by atoms with van der Waals surface area (Å²) in [5, 5.41) is 6.83. The van der Waals surface area contributed by atoms with Crippen molar-refractivity contribution in [1.82, 2.24) is 15.5 Å². The van der Waals surface area contributed by atoms with Gasteiger partial charge in [-0.3, -0.25) is 9.89 Å². The second-order valence-corrected chi connectivity index (χ2v) is 8.12. The summed E-state index contributed by atoms with van der Waals surface area (Å²) in [4.78, 5) is 6.81. The van der Waals surface area contributed by atoms with Gasteiger partial charge in [0.1, 0.15) is 0 Å². The van der Waals surface area contributed by atoms with Crippen molar-refractivity contribution < 1.29 is 9.47 Å². The molecule has 0 spiro atoms.